The molecule has 1 unspecified atom stereocenters. The summed E-state index contributed by atoms with van der Waals surface area (Å²) in [7, 11) is 3.00. The molecule has 3 aromatic rings. The van der Waals surface area contributed by atoms with Gasteiger partial charge in [-0.05, 0) is 36.8 Å². The van der Waals surface area contributed by atoms with Crippen molar-refractivity contribution < 1.29 is 24.2 Å². The van der Waals surface area contributed by atoms with E-state index in [1.807, 2.05) is 13.0 Å². The third-order valence-electron chi connectivity index (χ3n) is 4.44. The average Bonchev–Trinajstić information content (AvgIpc) is 3.14. The highest BCUT2D eigenvalue weighted by atomic mass is 16.5. The van der Waals surface area contributed by atoms with Crippen LogP contribution in [0.2, 0.25) is 0 Å². The van der Waals surface area contributed by atoms with Crippen LogP contribution in [0.15, 0.2) is 36.5 Å². The van der Waals surface area contributed by atoms with Crippen molar-refractivity contribution in [3.05, 3.63) is 53.2 Å². The fourth-order valence-electron chi connectivity index (χ4n) is 3.14. The molecule has 0 saturated carbocycles. The lowest BCUT2D eigenvalue weighted by Gasteiger charge is -2.21. The van der Waals surface area contributed by atoms with Crippen LogP contribution in [0.1, 0.15) is 33.9 Å². The summed E-state index contributed by atoms with van der Waals surface area (Å²) in [6.45, 7) is 1.88. The number of H-pyrrole nitrogens is 1. The second kappa shape index (κ2) is 7.99. The number of benzene rings is 2. The van der Waals surface area contributed by atoms with E-state index in [1.54, 1.807) is 30.5 Å². The van der Waals surface area contributed by atoms with E-state index in [4.69, 9.17) is 9.47 Å². The van der Waals surface area contributed by atoms with Crippen molar-refractivity contribution in [1.82, 2.24) is 15.5 Å². The maximum Gasteiger partial charge on any atom is 0.305 e. The molecule has 28 heavy (non-hydrogen) atoms. The first-order valence-corrected chi connectivity index (χ1v) is 8.61. The topological polar surface area (TPSA) is 114 Å². The average molecular weight is 383 g/mol. The van der Waals surface area contributed by atoms with Crippen molar-refractivity contribution in [3.63, 3.8) is 0 Å². The number of hydrogen-bond acceptors (Lipinski definition) is 5. The van der Waals surface area contributed by atoms with Gasteiger partial charge in [-0.25, -0.2) is 0 Å². The fraction of sp³-hybridized carbons (Fsp3) is 0.250. The van der Waals surface area contributed by atoms with E-state index in [9.17, 15) is 14.7 Å². The van der Waals surface area contributed by atoms with Gasteiger partial charge >= 0.3 is 5.97 Å². The van der Waals surface area contributed by atoms with E-state index in [2.05, 4.69) is 15.5 Å². The van der Waals surface area contributed by atoms with Crippen LogP contribution in [0.5, 0.6) is 11.5 Å². The first kappa shape index (κ1) is 19.2. The molecule has 1 atom stereocenters. The van der Waals surface area contributed by atoms with Crippen LogP contribution in [0.4, 0.5) is 0 Å². The zero-order chi connectivity index (χ0) is 20.3. The van der Waals surface area contributed by atoms with Crippen LogP contribution in [0, 0.1) is 6.92 Å². The first-order valence-electron chi connectivity index (χ1n) is 8.61. The molecule has 2 aromatic carbocycles. The van der Waals surface area contributed by atoms with Crippen molar-refractivity contribution in [2.75, 3.05) is 14.2 Å². The Balaban J connectivity index is 1.98. The molecule has 0 bridgehead atoms. The molecule has 0 fully saturated rings. The maximum atomic E-state index is 13.0. The van der Waals surface area contributed by atoms with Crippen molar-refractivity contribution in [2.45, 2.75) is 19.4 Å². The summed E-state index contributed by atoms with van der Waals surface area (Å²) >= 11 is 0. The number of fused-ring (bicyclic) bond motifs is 1. The van der Waals surface area contributed by atoms with Crippen LogP contribution in [0.25, 0.3) is 10.9 Å². The molecule has 0 radical (unpaired) electrons. The van der Waals surface area contributed by atoms with E-state index >= 15 is 0 Å². The van der Waals surface area contributed by atoms with Gasteiger partial charge in [-0.15, -0.1) is 0 Å². The molecule has 0 saturated heterocycles. The number of hydrogen-bond donors (Lipinski definition) is 3. The normalized spacial score (nSPS) is 11.8. The monoisotopic (exact) mass is 383 g/mol. The highest BCUT2D eigenvalue weighted by molar-refractivity contribution is 6.06. The second-order valence-electron chi connectivity index (χ2n) is 6.38. The van der Waals surface area contributed by atoms with Gasteiger partial charge in [0.05, 0.1) is 44.0 Å². The third kappa shape index (κ3) is 3.90. The number of amides is 1. The molecule has 3 rings (SSSR count). The lowest BCUT2D eigenvalue weighted by Crippen LogP contribution is -2.30. The maximum absolute atomic E-state index is 13.0. The zero-order valence-corrected chi connectivity index (χ0v) is 15.8. The highest BCUT2D eigenvalue weighted by Gasteiger charge is 2.24. The zero-order valence-electron chi connectivity index (χ0n) is 15.8. The minimum atomic E-state index is -1.04. The minimum absolute atomic E-state index is 0.299. The smallest absolute Gasteiger partial charge is 0.305 e. The Labute approximate surface area is 161 Å². The molecule has 0 aliphatic carbocycles. The Bertz CT molecular complexity index is 1030. The largest absolute Gasteiger partial charge is 0.497 e. The van der Waals surface area contributed by atoms with Crippen LogP contribution in [-0.2, 0) is 4.79 Å². The quantitative estimate of drug-likeness (QED) is 0.578. The molecule has 146 valence electrons. The fourth-order valence-corrected chi connectivity index (χ4v) is 3.14. The SMILES string of the molecule is COc1ccc(C(CC(=O)O)NC(=O)c2cc(C)cc3cn[nH]c23)c(OC)c1. The Morgan fingerprint density at radius 1 is 1.21 bits per heavy atom. The summed E-state index contributed by atoms with van der Waals surface area (Å²) < 4.78 is 10.6. The molecule has 8 heteroatoms. The number of ether oxygens (including phenoxy) is 2. The van der Waals surface area contributed by atoms with Gasteiger partial charge in [0.1, 0.15) is 11.5 Å². The Hall–Kier alpha value is -3.55. The van der Waals surface area contributed by atoms with Crippen LogP contribution < -0.4 is 14.8 Å². The molecule has 1 aromatic heterocycles. The summed E-state index contributed by atoms with van der Waals surface area (Å²) in [6.07, 6.45) is 1.34. The van der Waals surface area contributed by atoms with Gasteiger partial charge in [0, 0.05) is 17.0 Å². The van der Waals surface area contributed by atoms with E-state index < -0.39 is 17.9 Å². The number of aryl methyl sites for hydroxylation is 1. The number of nitrogens with zero attached hydrogens (tertiary/aromatic N) is 1. The number of methoxy groups -OCH3 is 2. The van der Waals surface area contributed by atoms with Gasteiger partial charge in [0.15, 0.2) is 0 Å². The Kier molecular flexibility index (Phi) is 5.49. The van der Waals surface area contributed by atoms with Crippen molar-refractivity contribution >= 4 is 22.8 Å². The van der Waals surface area contributed by atoms with Crippen molar-refractivity contribution in [2.24, 2.45) is 0 Å². The van der Waals surface area contributed by atoms with Crippen LogP contribution >= 0.6 is 0 Å². The lowest BCUT2D eigenvalue weighted by molar-refractivity contribution is -0.137. The number of carbonyl (C=O) groups is 2. The number of nitrogens with one attached hydrogen (secondary N) is 2. The summed E-state index contributed by atoms with van der Waals surface area (Å²) in [5.41, 5.74) is 2.44. The minimum Gasteiger partial charge on any atom is -0.497 e. The summed E-state index contributed by atoms with van der Waals surface area (Å²) in [6, 6.07) is 7.89. The standard InChI is InChI=1S/C20H21N3O5/c1-11-6-12-10-21-23-19(12)15(7-11)20(26)22-16(9-18(24)25)14-5-4-13(27-2)8-17(14)28-3/h4-8,10,16H,9H2,1-3H3,(H,21,23)(H,22,26)(H,24,25). The van der Waals surface area contributed by atoms with Crippen LogP contribution in [-0.4, -0.2) is 41.4 Å². The summed E-state index contributed by atoms with van der Waals surface area (Å²) in [5.74, 6) is -0.443. The first-order chi connectivity index (χ1) is 13.4. The number of rotatable bonds is 7. The number of aliphatic carboxylic acids is 1. The van der Waals surface area contributed by atoms with Gasteiger partial charge in [0.25, 0.3) is 5.91 Å². The summed E-state index contributed by atoms with van der Waals surface area (Å²) in [5, 5.41) is 19.8. The molecule has 0 aliphatic rings. The predicted octanol–water partition coefficient (Wildman–Crippen LogP) is 2.83. The molecule has 1 heterocycles. The van der Waals surface area contributed by atoms with Gasteiger partial charge < -0.3 is 19.9 Å². The molecule has 3 N–H and O–H groups in total. The molecule has 8 nitrogen and oxygen atoms in total. The highest BCUT2D eigenvalue weighted by Crippen LogP contribution is 2.31. The van der Waals surface area contributed by atoms with E-state index in [0.29, 0.717) is 28.1 Å². The molecular formula is C20H21N3O5. The number of aromatic nitrogens is 2. The lowest BCUT2D eigenvalue weighted by atomic mass is 10.0. The third-order valence-corrected chi connectivity index (χ3v) is 4.44. The summed E-state index contributed by atoms with van der Waals surface area (Å²) in [4.78, 5) is 24.4. The Morgan fingerprint density at radius 2 is 2.00 bits per heavy atom. The van der Waals surface area contributed by atoms with Gasteiger partial charge in [-0.3, -0.25) is 14.7 Å². The molecule has 0 aliphatic heterocycles. The van der Waals surface area contributed by atoms with Crippen LogP contribution in [0.3, 0.4) is 0 Å². The van der Waals surface area contributed by atoms with E-state index in [1.165, 1.54) is 14.2 Å². The van der Waals surface area contributed by atoms with Gasteiger partial charge in [-0.1, -0.05) is 0 Å². The van der Waals surface area contributed by atoms with Gasteiger partial charge in [0.2, 0.25) is 0 Å². The Morgan fingerprint density at radius 3 is 2.68 bits per heavy atom. The second-order valence-corrected chi connectivity index (χ2v) is 6.38. The number of carboxylic acids is 1. The van der Waals surface area contributed by atoms with Gasteiger partial charge in [-0.2, -0.15) is 5.10 Å². The number of aromatic amines is 1. The molecular weight excluding hydrogens is 362 g/mol. The van der Waals surface area contributed by atoms with Crippen molar-refractivity contribution in [1.29, 1.82) is 0 Å². The number of carbonyl (C=O) groups excluding carboxylic acids is 1. The molecule has 0 spiro atoms. The molecule has 1 amide bonds. The predicted molar refractivity (Wildman–Crippen MR) is 103 cm³/mol. The van der Waals surface area contributed by atoms with E-state index in [0.717, 1.165) is 10.9 Å². The number of carboxylic acid groups (broad SMARTS) is 1. The van der Waals surface area contributed by atoms with Crippen molar-refractivity contribution in [3.8, 4) is 11.5 Å². The van der Waals surface area contributed by atoms with E-state index in [-0.39, 0.29) is 6.42 Å².